The van der Waals surface area contributed by atoms with E-state index in [4.69, 9.17) is 6.57 Å². The molecule has 11 aromatic rings. The van der Waals surface area contributed by atoms with Crippen LogP contribution >= 0.6 is 0 Å². The Labute approximate surface area is 316 Å². The smallest absolute Gasteiger partial charge is 0.188 e. The number of fused-ring (bicyclic) bond motifs is 10. The van der Waals surface area contributed by atoms with E-state index in [0.717, 1.165) is 55.5 Å². The van der Waals surface area contributed by atoms with Gasteiger partial charge in [-0.15, -0.1) is 0 Å². The van der Waals surface area contributed by atoms with Gasteiger partial charge in [0.2, 0.25) is 0 Å². The first-order valence-electron chi connectivity index (χ1n) is 18.3. The minimum Gasteiger partial charge on any atom is -0.309 e. The summed E-state index contributed by atoms with van der Waals surface area (Å²) in [6, 6.07) is 64.0. The van der Waals surface area contributed by atoms with E-state index in [9.17, 15) is 5.26 Å². The van der Waals surface area contributed by atoms with E-state index in [1.807, 2.05) is 36.4 Å². The van der Waals surface area contributed by atoms with Gasteiger partial charge < -0.3 is 13.7 Å². The lowest BCUT2D eigenvalue weighted by Gasteiger charge is -2.14. The van der Waals surface area contributed by atoms with E-state index in [1.165, 1.54) is 38.1 Å². The molecule has 0 aliphatic rings. The molecule has 0 radical (unpaired) electrons. The number of para-hydroxylation sites is 3. The van der Waals surface area contributed by atoms with Gasteiger partial charge in [-0.25, -0.2) is 4.85 Å². The summed E-state index contributed by atoms with van der Waals surface area (Å²) in [4.78, 5) is 3.69. The molecule has 5 nitrogen and oxygen atoms in total. The number of benzene rings is 8. The Morgan fingerprint density at radius 3 is 1.53 bits per heavy atom. The molecule has 5 heteroatoms. The van der Waals surface area contributed by atoms with E-state index < -0.39 is 0 Å². The van der Waals surface area contributed by atoms with Crippen molar-refractivity contribution in [1.29, 1.82) is 5.26 Å². The maximum atomic E-state index is 9.71. The van der Waals surface area contributed by atoms with E-state index in [0.29, 0.717) is 11.3 Å². The van der Waals surface area contributed by atoms with Crippen molar-refractivity contribution in [2.45, 2.75) is 0 Å². The molecule has 0 fully saturated rings. The molecule has 0 N–H and O–H groups in total. The average molecular weight is 700 g/mol. The van der Waals surface area contributed by atoms with Gasteiger partial charge in [-0.05, 0) is 95.4 Å². The Bertz CT molecular complexity index is 3380. The highest BCUT2D eigenvalue weighted by Crippen LogP contribution is 2.42. The van der Waals surface area contributed by atoms with E-state index in [-0.39, 0.29) is 0 Å². The first kappa shape index (κ1) is 30.7. The second-order valence-corrected chi connectivity index (χ2v) is 14.0. The number of hydrogen-bond donors (Lipinski definition) is 0. The molecular weight excluding hydrogens is 671 g/mol. The third-order valence-corrected chi connectivity index (χ3v) is 11.0. The molecule has 0 amide bonds. The van der Waals surface area contributed by atoms with Crippen LogP contribution in [0.2, 0.25) is 0 Å². The molecule has 0 spiro atoms. The maximum Gasteiger partial charge on any atom is 0.188 e. The average Bonchev–Trinajstić information content (AvgIpc) is 3.89. The van der Waals surface area contributed by atoms with Gasteiger partial charge in [0.15, 0.2) is 5.69 Å². The second-order valence-electron chi connectivity index (χ2n) is 14.0. The summed E-state index contributed by atoms with van der Waals surface area (Å²) in [7, 11) is 0. The van der Waals surface area contributed by atoms with Crippen LogP contribution in [0.5, 0.6) is 0 Å². The van der Waals surface area contributed by atoms with Gasteiger partial charge in [0.1, 0.15) is 0 Å². The monoisotopic (exact) mass is 699 g/mol. The van der Waals surface area contributed by atoms with Gasteiger partial charge in [-0.1, -0.05) is 97.1 Å². The molecule has 0 aliphatic heterocycles. The van der Waals surface area contributed by atoms with Crippen molar-refractivity contribution in [2.75, 3.05) is 0 Å². The van der Waals surface area contributed by atoms with Crippen LogP contribution < -0.4 is 0 Å². The lowest BCUT2D eigenvalue weighted by molar-refractivity contribution is 1.15. The highest BCUT2D eigenvalue weighted by atomic mass is 15.0. The molecule has 254 valence electrons. The number of aromatic nitrogens is 3. The Hall–Kier alpha value is -7.86. The summed E-state index contributed by atoms with van der Waals surface area (Å²) >= 11 is 0. The predicted molar refractivity (Wildman–Crippen MR) is 226 cm³/mol. The van der Waals surface area contributed by atoms with E-state index in [2.05, 4.69) is 164 Å². The third kappa shape index (κ3) is 4.51. The Morgan fingerprint density at radius 1 is 0.400 bits per heavy atom. The summed E-state index contributed by atoms with van der Waals surface area (Å²) in [5, 5.41) is 16.5. The van der Waals surface area contributed by atoms with Crippen molar-refractivity contribution >= 4 is 71.1 Å². The second kappa shape index (κ2) is 11.8. The molecule has 3 heterocycles. The molecule has 0 atom stereocenters. The van der Waals surface area contributed by atoms with Crippen LogP contribution in [-0.2, 0) is 0 Å². The standard InChI is InChI=1S/C50H29N5/c1-52-35-22-26-48-44(30-35)43-27-32(31-51)21-25-47(43)53(48)37-15-9-11-33(28-37)34-12-10-16-38(29-34)55-46-20-8-6-18-40(46)42-24-23-41-39-17-5-7-19-45(39)54(49(41)50(42)55)36-13-3-2-4-14-36/h2-30H. The highest BCUT2D eigenvalue weighted by Gasteiger charge is 2.21. The van der Waals surface area contributed by atoms with Crippen molar-refractivity contribution in [3.8, 4) is 34.3 Å². The first-order chi connectivity index (χ1) is 27.2. The normalized spacial score (nSPS) is 11.6. The van der Waals surface area contributed by atoms with Crippen molar-refractivity contribution in [2.24, 2.45) is 0 Å². The molecule has 11 rings (SSSR count). The predicted octanol–water partition coefficient (Wildman–Crippen LogP) is 13.1. The van der Waals surface area contributed by atoms with Gasteiger partial charge in [-0.3, -0.25) is 0 Å². The van der Waals surface area contributed by atoms with Gasteiger partial charge in [0.25, 0.3) is 0 Å². The Morgan fingerprint density at radius 2 is 0.909 bits per heavy atom. The van der Waals surface area contributed by atoms with Crippen molar-refractivity contribution in [3.63, 3.8) is 0 Å². The van der Waals surface area contributed by atoms with Crippen LogP contribution in [0, 0.1) is 17.9 Å². The van der Waals surface area contributed by atoms with Gasteiger partial charge in [0, 0.05) is 44.0 Å². The lowest BCUT2D eigenvalue weighted by Crippen LogP contribution is -1.99. The summed E-state index contributed by atoms with van der Waals surface area (Å²) < 4.78 is 7.09. The number of hydrogen-bond acceptors (Lipinski definition) is 1. The molecule has 0 saturated carbocycles. The topological polar surface area (TPSA) is 42.9 Å². The summed E-state index contributed by atoms with van der Waals surface area (Å²) in [5.74, 6) is 0. The van der Waals surface area contributed by atoms with Crippen molar-refractivity contribution in [3.05, 3.63) is 193 Å². The molecule has 55 heavy (non-hydrogen) atoms. The zero-order valence-electron chi connectivity index (χ0n) is 29.5. The van der Waals surface area contributed by atoms with E-state index >= 15 is 0 Å². The van der Waals surface area contributed by atoms with Gasteiger partial charge in [0.05, 0.1) is 51.3 Å². The van der Waals surface area contributed by atoms with Gasteiger partial charge in [-0.2, -0.15) is 5.26 Å². The van der Waals surface area contributed by atoms with Crippen LogP contribution in [0.4, 0.5) is 5.69 Å². The zero-order valence-corrected chi connectivity index (χ0v) is 29.5. The SMILES string of the molecule is [C-]#[N+]c1ccc2c(c1)c1cc(C#N)ccc1n2-c1cccc(-c2cccc(-n3c4ccccc4c4ccc5c6ccccc6n(-c6ccccc6)c5c43)c2)c1. The lowest BCUT2D eigenvalue weighted by atomic mass is 10.0. The third-order valence-electron chi connectivity index (χ3n) is 11.0. The summed E-state index contributed by atoms with van der Waals surface area (Å²) in [6.07, 6.45) is 0. The first-order valence-corrected chi connectivity index (χ1v) is 18.3. The van der Waals surface area contributed by atoms with Gasteiger partial charge >= 0.3 is 0 Å². The highest BCUT2D eigenvalue weighted by molar-refractivity contribution is 6.24. The molecule has 3 aromatic heterocycles. The maximum absolute atomic E-state index is 9.71. The Kier molecular flexibility index (Phi) is 6.61. The molecule has 0 saturated heterocycles. The van der Waals surface area contributed by atoms with Crippen molar-refractivity contribution < 1.29 is 0 Å². The minimum absolute atomic E-state index is 0.575. The summed E-state index contributed by atoms with van der Waals surface area (Å²) in [5.41, 5.74) is 13.2. The van der Waals surface area contributed by atoms with Crippen LogP contribution in [0.3, 0.4) is 0 Å². The van der Waals surface area contributed by atoms with Crippen LogP contribution in [0.25, 0.3) is 98.5 Å². The van der Waals surface area contributed by atoms with Crippen LogP contribution in [0.1, 0.15) is 5.56 Å². The molecule has 0 aliphatic carbocycles. The fraction of sp³-hybridized carbons (Fsp3) is 0. The quantitative estimate of drug-likeness (QED) is 0.169. The number of rotatable bonds is 4. The Balaban J connectivity index is 1.15. The zero-order chi connectivity index (χ0) is 36.6. The van der Waals surface area contributed by atoms with E-state index in [1.54, 1.807) is 0 Å². The number of nitriles is 1. The molecule has 0 bridgehead atoms. The van der Waals surface area contributed by atoms with Crippen LogP contribution in [0.15, 0.2) is 176 Å². The fourth-order valence-corrected chi connectivity index (χ4v) is 8.69. The van der Waals surface area contributed by atoms with Crippen molar-refractivity contribution in [1.82, 2.24) is 13.7 Å². The molecule has 8 aromatic carbocycles. The number of nitrogens with zero attached hydrogens (tertiary/aromatic N) is 5. The summed E-state index contributed by atoms with van der Waals surface area (Å²) in [6.45, 7) is 7.64. The largest absolute Gasteiger partial charge is 0.309 e. The molecular formula is C50H29N5. The fourth-order valence-electron chi connectivity index (χ4n) is 8.69. The molecule has 0 unspecified atom stereocenters. The van der Waals surface area contributed by atoms with Crippen LogP contribution in [-0.4, -0.2) is 13.7 Å². The minimum atomic E-state index is 0.575.